The zero-order chi connectivity index (χ0) is 18.1. The van der Waals surface area contributed by atoms with Crippen LogP contribution in [0.3, 0.4) is 0 Å². The smallest absolute Gasteiger partial charge is 0.221 e. The van der Waals surface area contributed by atoms with Crippen molar-refractivity contribution in [2.24, 2.45) is 4.99 Å². The number of halogens is 2. The molecule has 7 heteroatoms. The lowest BCUT2D eigenvalue weighted by atomic mass is 10.0. The normalized spacial score (nSPS) is 13.5. The summed E-state index contributed by atoms with van der Waals surface area (Å²) < 4.78 is 14.9. The Morgan fingerprint density at radius 2 is 2.00 bits per heavy atom. The van der Waals surface area contributed by atoms with E-state index in [4.69, 9.17) is 17.3 Å². The summed E-state index contributed by atoms with van der Waals surface area (Å²) in [7, 11) is 0. The van der Waals surface area contributed by atoms with Gasteiger partial charge in [0.25, 0.3) is 0 Å². The fourth-order valence-electron chi connectivity index (χ4n) is 3.02. The van der Waals surface area contributed by atoms with E-state index in [1.807, 2.05) is 24.3 Å². The second-order valence-electron chi connectivity index (χ2n) is 6.07. The Morgan fingerprint density at radius 1 is 1.19 bits per heavy atom. The number of nitrogen functional groups attached to an aromatic ring is 1. The molecule has 0 radical (unpaired) electrons. The van der Waals surface area contributed by atoms with Crippen molar-refractivity contribution in [3.05, 3.63) is 70.5 Å². The van der Waals surface area contributed by atoms with Gasteiger partial charge in [0, 0.05) is 29.1 Å². The number of anilines is 1. The second-order valence-corrected chi connectivity index (χ2v) is 6.51. The molecule has 3 aromatic rings. The third-order valence-corrected chi connectivity index (χ3v) is 4.50. The Bertz CT molecular complexity index is 978. The fraction of sp³-hybridized carbons (Fsp3) is 0.158. The van der Waals surface area contributed by atoms with Gasteiger partial charge >= 0.3 is 0 Å². The average molecular weight is 370 g/mol. The maximum absolute atomic E-state index is 13.3. The van der Waals surface area contributed by atoms with E-state index in [1.54, 1.807) is 16.8 Å². The first-order chi connectivity index (χ1) is 12.6. The van der Waals surface area contributed by atoms with Crippen LogP contribution in [0.4, 0.5) is 10.2 Å². The van der Waals surface area contributed by atoms with Gasteiger partial charge in [-0.05, 0) is 42.0 Å². The van der Waals surface area contributed by atoms with Gasteiger partial charge in [-0.25, -0.2) is 9.38 Å². The van der Waals surface area contributed by atoms with Crippen molar-refractivity contribution in [1.82, 2.24) is 15.1 Å². The Balaban J connectivity index is 1.82. The lowest BCUT2D eigenvalue weighted by Crippen LogP contribution is -2.28. The molecule has 132 valence electrons. The molecule has 2 heterocycles. The molecule has 26 heavy (non-hydrogen) atoms. The molecule has 0 bridgehead atoms. The van der Waals surface area contributed by atoms with Crippen molar-refractivity contribution in [2.75, 3.05) is 18.8 Å². The number of benzene rings is 2. The standard InChI is InChI=1S/C19H17ClFN5/c20-14-3-1-2-12(10-14)11-16-17(13-4-6-15(21)7-5-13)25-26(18(16)22)19-23-8-9-24-19/h1-7,10H,8-9,11,22H2,(H,23,24). The Labute approximate surface area is 155 Å². The van der Waals surface area contributed by atoms with Gasteiger partial charge in [-0.15, -0.1) is 0 Å². The van der Waals surface area contributed by atoms with Gasteiger partial charge in [0.15, 0.2) is 0 Å². The van der Waals surface area contributed by atoms with Gasteiger partial charge < -0.3 is 11.1 Å². The van der Waals surface area contributed by atoms with Crippen LogP contribution in [-0.2, 0) is 6.42 Å². The number of aliphatic imine (C=N–C) groups is 1. The first-order valence-corrected chi connectivity index (χ1v) is 8.66. The number of nitrogens with zero attached hydrogens (tertiary/aromatic N) is 3. The van der Waals surface area contributed by atoms with E-state index in [9.17, 15) is 4.39 Å². The number of nitrogens with one attached hydrogen (secondary N) is 1. The van der Waals surface area contributed by atoms with E-state index >= 15 is 0 Å². The first kappa shape index (κ1) is 16.6. The fourth-order valence-corrected chi connectivity index (χ4v) is 3.23. The van der Waals surface area contributed by atoms with Gasteiger partial charge in [0.2, 0.25) is 5.96 Å². The molecule has 1 aliphatic heterocycles. The molecule has 0 amide bonds. The largest absolute Gasteiger partial charge is 0.383 e. The molecule has 0 spiro atoms. The molecule has 0 unspecified atom stereocenters. The van der Waals surface area contributed by atoms with Crippen LogP contribution < -0.4 is 11.1 Å². The highest BCUT2D eigenvalue weighted by atomic mass is 35.5. The van der Waals surface area contributed by atoms with Crippen molar-refractivity contribution in [1.29, 1.82) is 0 Å². The van der Waals surface area contributed by atoms with Crippen LogP contribution in [-0.4, -0.2) is 28.8 Å². The van der Waals surface area contributed by atoms with Crippen molar-refractivity contribution in [3.63, 3.8) is 0 Å². The average Bonchev–Trinajstić information content (AvgIpc) is 3.25. The van der Waals surface area contributed by atoms with E-state index in [0.29, 0.717) is 35.5 Å². The van der Waals surface area contributed by atoms with E-state index in [0.717, 1.165) is 23.2 Å². The van der Waals surface area contributed by atoms with Crippen LogP contribution in [0.5, 0.6) is 0 Å². The van der Waals surface area contributed by atoms with Crippen LogP contribution in [0.15, 0.2) is 53.5 Å². The van der Waals surface area contributed by atoms with Gasteiger partial charge in [-0.3, -0.25) is 0 Å². The van der Waals surface area contributed by atoms with Crippen LogP contribution >= 0.6 is 11.6 Å². The van der Waals surface area contributed by atoms with Crippen molar-refractivity contribution in [3.8, 4) is 11.3 Å². The van der Waals surface area contributed by atoms with Crippen LogP contribution in [0.25, 0.3) is 11.3 Å². The third kappa shape index (κ3) is 3.15. The topological polar surface area (TPSA) is 68.2 Å². The highest BCUT2D eigenvalue weighted by molar-refractivity contribution is 6.30. The summed E-state index contributed by atoms with van der Waals surface area (Å²) in [6, 6.07) is 13.9. The highest BCUT2D eigenvalue weighted by Gasteiger charge is 2.21. The molecular weight excluding hydrogens is 353 g/mol. The molecule has 1 aliphatic rings. The number of nitrogens with two attached hydrogens (primary N) is 1. The Kier molecular flexibility index (Phi) is 4.34. The summed E-state index contributed by atoms with van der Waals surface area (Å²) >= 11 is 6.11. The predicted octanol–water partition coefficient (Wildman–Crippen LogP) is 3.32. The van der Waals surface area contributed by atoms with Crippen LogP contribution in [0, 0.1) is 5.82 Å². The third-order valence-electron chi connectivity index (χ3n) is 4.27. The van der Waals surface area contributed by atoms with E-state index < -0.39 is 0 Å². The molecule has 1 aromatic heterocycles. The lowest BCUT2D eigenvalue weighted by molar-refractivity contribution is 0.628. The Morgan fingerprint density at radius 3 is 2.69 bits per heavy atom. The first-order valence-electron chi connectivity index (χ1n) is 8.28. The van der Waals surface area contributed by atoms with Crippen molar-refractivity contribution in [2.45, 2.75) is 6.42 Å². The minimum atomic E-state index is -0.292. The van der Waals surface area contributed by atoms with Gasteiger partial charge in [0.1, 0.15) is 11.6 Å². The zero-order valence-corrected chi connectivity index (χ0v) is 14.7. The minimum Gasteiger partial charge on any atom is -0.383 e. The molecule has 3 N–H and O–H groups in total. The summed E-state index contributed by atoms with van der Waals surface area (Å²) in [5.74, 6) is 0.847. The molecule has 4 rings (SSSR count). The molecule has 0 saturated heterocycles. The molecule has 0 fully saturated rings. The van der Waals surface area contributed by atoms with Crippen LogP contribution in [0.1, 0.15) is 11.1 Å². The summed E-state index contributed by atoms with van der Waals surface area (Å²) in [6.07, 6.45) is 0.562. The van der Waals surface area contributed by atoms with Gasteiger partial charge in [0.05, 0.1) is 12.2 Å². The van der Waals surface area contributed by atoms with Crippen molar-refractivity contribution >= 4 is 23.4 Å². The number of rotatable bonds is 3. The molecular formula is C19H17ClFN5. The predicted molar refractivity (Wildman–Crippen MR) is 102 cm³/mol. The molecule has 0 aliphatic carbocycles. The maximum atomic E-state index is 13.3. The van der Waals surface area contributed by atoms with E-state index in [-0.39, 0.29) is 5.82 Å². The molecule has 0 atom stereocenters. The molecule has 5 nitrogen and oxygen atoms in total. The summed E-state index contributed by atoms with van der Waals surface area (Å²) in [6.45, 7) is 1.44. The van der Waals surface area contributed by atoms with E-state index in [1.165, 1.54) is 12.1 Å². The Hall–Kier alpha value is -2.86. The SMILES string of the molecule is Nc1c(Cc2cccc(Cl)c2)c(-c2ccc(F)cc2)nn1C1=NCCN1. The molecule has 2 aromatic carbocycles. The van der Waals surface area contributed by atoms with E-state index in [2.05, 4.69) is 15.4 Å². The van der Waals surface area contributed by atoms with Crippen LogP contribution in [0.2, 0.25) is 5.02 Å². The number of hydrogen-bond donors (Lipinski definition) is 2. The number of aromatic nitrogens is 2. The monoisotopic (exact) mass is 369 g/mol. The van der Waals surface area contributed by atoms with Gasteiger partial charge in [-0.2, -0.15) is 9.78 Å². The second kappa shape index (κ2) is 6.80. The zero-order valence-electron chi connectivity index (χ0n) is 13.9. The number of hydrogen-bond acceptors (Lipinski definition) is 4. The summed E-state index contributed by atoms with van der Waals surface area (Å²) in [5.41, 5.74) is 9.79. The molecule has 0 saturated carbocycles. The highest BCUT2D eigenvalue weighted by Crippen LogP contribution is 2.30. The van der Waals surface area contributed by atoms with Crippen molar-refractivity contribution < 1.29 is 4.39 Å². The lowest BCUT2D eigenvalue weighted by Gasteiger charge is -2.06. The quantitative estimate of drug-likeness (QED) is 0.744. The maximum Gasteiger partial charge on any atom is 0.221 e. The summed E-state index contributed by atoms with van der Waals surface area (Å²) in [4.78, 5) is 4.40. The summed E-state index contributed by atoms with van der Waals surface area (Å²) in [5, 5.41) is 8.50. The van der Waals surface area contributed by atoms with Gasteiger partial charge in [-0.1, -0.05) is 23.7 Å². The minimum absolute atomic E-state index is 0.292.